The van der Waals surface area contributed by atoms with E-state index in [-0.39, 0.29) is 0 Å². The zero-order chi connectivity index (χ0) is 6.41. The fraction of sp³-hybridized carbons (Fsp3) is 0.429. The minimum Gasteiger partial charge on any atom is -0.192 e. The highest BCUT2D eigenvalue weighted by Gasteiger charge is 1.72. The Morgan fingerprint density at radius 2 is 2.38 bits per heavy atom. The van der Waals surface area contributed by atoms with E-state index in [1.165, 1.54) is 0 Å². The van der Waals surface area contributed by atoms with E-state index in [4.69, 9.17) is 5.26 Å². The van der Waals surface area contributed by atoms with Crippen molar-refractivity contribution in [1.29, 1.82) is 5.26 Å². The van der Waals surface area contributed by atoms with E-state index in [0.717, 1.165) is 6.42 Å². The molecule has 0 aromatic heterocycles. The Hall–Kier alpha value is -0.990. The molecule has 0 heterocycles. The van der Waals surface area contributed by atoms with Crippen LogP contribution < -0.4 is 0 Å². The van der Waals surface area contributed by atoms with Gasteiger partial charge in [-0.05, 0) is 19.4 Å². The molecule has 0 fully saturated rings. The van der Waals surface area contributed by atoms with Gasteiger partial charge in [-0.2, -0.15) is 5.26 Å². The van der Waals surface area contributed by atoms with Crippen molar-refractivity contribution in [3.63, 3.8) is 0 Å². The first-order valence-corrected chi connectivity index (χ1v) is 2.63. The quantitative estimate of drug-likeness (QED) is 0.371. The van der Waals surface area contributed by atoms with Crippen molar-refractivity contribution in [2.24, 2.45) is 0 Å². The van der Waals surface area contributed by atoms with E-state index in [1.807, 2.05) is 19.1 Å². The molecule has 0 radical (unpaired) electrons. The lowest BCUT2D eigenvalue weighted by Gasteiger charge is -1.71. The number of nitrogens with zero attached hydrogens (tertiary/aromatic N) is 1. The van der Waals surface area contributed by atoms with Crippen LogP contribution in [0.4, 0.5) is 0 Å². The average Bonchev–Trinajstić information content (AvgIpc) is 1.83. The minimum atomic E-state index is 0.645. The predicted octanol–water partition coefficient (Wildman–Crippen LogP) is 2.02. The molecule has 0 saturated heterocycles. The van der Waals surface area contributed by atoms with Gasteiger partial charge in [-0.3, -0.25) is 0 Å². The van der Waals surface area contributed by atoms with E-state index in [2.05, 4.69) is 5.73 Å². The molecule has 0 aliphatic heterocycles. The van der Waals surface area contributed by atoms with Crippen molar-refractivity contribution in [3.8, 4) is 6.07 Å². The summed E-state index contributed by atoms with van der Waals surface area (Å²) >= 11 is 0. The lowest BCUT2D eigenvalue weighted by atomic mass is 10.3. The molecule has 0 aliphatic rings. The molecule has 0 aromatic rings. The number of nitriles is 1. The molecule has 0 rings (SSSR count). The van der Waals surface area contributed by atoms with Gasteiger partial charge >= 0.3 is 0 Å². The summed E-state index contributed by atoms with van der Waals surface area (Å²) in [6.45, 7) is 3.75. The highest BCUT2D eigenvalue weighted by molar-refractivity contribution is 5.16. The molecule has 0 aliphatic carbocycles. The number of hydrogen-bond acceptors (Lipinski definition) is 1. The fourth-order valence-electron chi connectivity index (χ4n) is 0.287. The van der Waals surface area contributed by atoms with Gasteiger partial charge in [0.2, 0.25) is 0 Å². The first kappa shape index (κ1) is 7.01. The van der Waals surface area contributed by atoms with Crippen molar-refractivity contribution in [3.05, 3.63) is 17.4 Å². The molecule has 1 nitrogen and oxygen atoms in total. The Bertz CT molecular complexity index is 154. The van der Waals surface area contributed by atoms with Gasteiger partial charge in [0, 0.05) is 0 Å². The third-order valence-corrected chi connectivity index (χ3v) is 0.690. The molecule has 8 heavy (non-hydrogen) atoms. The van der Waals surface area contributed by atoms with Gasteiger partial charge in [-0.15, -0.1) is 5.73 Å². The third kappa shape index (κ3) is 3.21. The maximum absolute atomic E-state index is 8.19. The van der Waals surface area contributed by atoms with Crippen molar-refractivity contribution in [2.75, 3.05) is 0 Å². The van der Waals surface area contributed by atoms with Gasteiger partial charge in [-0.1, -0.05) is 6.92 Å². The summed E-state index contributed by atoms with van der Waals surface area (Å²) in [5, 5.41) is 8.19. The smallest absolute Gasteiger partial charge is 0.103 e. The Kier molecular flexibility index (Phi) is 3.66. The number of allylic oxidation sites excluding steroid dienone is 1. The van der Waals surface area contributed by atoms with Gasteiger partial charge in [0.25, 0.3) is 0 Å². The average molecular weight is 107 g/mol. The van der Waals surface area contributed by atoms with Gasteiger partial charge < -0.3 is 0 Å². The molecule has 42 valence electrons. The first-order chi connectivity index (χ1) is 3.81. The van der Waals surface area contributed by atoms with Crippen LogP contribution >= 0.6 is 0 Å². The molecule has 0 unspecified atom stereocenters. The largest absolute Gasteiger partial charge is 0.192 e. The zero-order valence-corrected chi connectivity index (χ0v) is 5.23. The molecule has 0 atom stereocenters. The summed E-state index contributed by atoms with van der Waals surface area (Å²) in [5.41, 5.74) is 3.46. The fourth-order valence-corrected chi connectivity index (χ4v) is 0.287. The topological polar surface area (TPSA) is 23.8 Å². The second kappa shape index (κ2) is 4.18. The van der Waals surface area contributed by atoms with E-state index < -0.39 is 0 Å². The Morgan fingerprint density at radius 1 is 1.75 bits per heavy atom. The molecule has 1 heteroatoms. The van der Waals surface area contributed by atoms with Crippen LogP contribution in [0.2, 0.25) is 0 Å². The van der Waals surface area contributed by atoms with E-state index in [0.29, 0.717) is 5.57 Å². The molecule has 0 N–H and O–H groups in total. The van der Waals surface area contributed by atoms with Crippen LogP contribution in [-0.4, -0.2) is 0 Å². The third-order valence-electron chi connectivity index (χ3n) is 0.690. The van der Waals surface area contributed by atoms with E-state index in [9.17, 15) is 0 Å². The van der Waals surface area contributed by atoms with E-state index in [1.54, 1.807) is 6.92 Å². The van der Waals surface area contributed by atoms with Crippen LogP contribution in [-0.2, 0) is 0 Å². The predicted molar refractivity (Wildman–Crippen MR) is 33.2 cm³/mol. The zero-order valence-electron chi connectivity index (χ0n) is 5.23. The maximum Gasteiger partial charge on any atom is 0.103 e. The van der Waals surface area contributed by atoms with E-state index >= 15 is 0 Å². The number of rotatable bonds is 1. The van der Waals surface area contributed by atoms with Gasteiger partial charge in [0.1, 0.15) is 6.07 Å². The van der Waals surface area contributed by atoms with Gasteiger partial charge in [0.15, 0.2) is 0 Å². The lowest BCUT2D eigenvalue weighted by Crippen LogP contribution is -1.58. The second-order valence-corrected chi connectivity index (χ2v) is 1.49. The van der Waals surface area contributed by atoms with Gasteiger partial charge in [-0.25, -0.2) is 0 Å². The lowest BCUT2D eigenvalue weighted by molar-refractivity contribution is 1.22. The minimum absolute atomic E-state index is 0.645. The second-order valence-electron chi connectivity index (χ2n) is 1.49. The van der Waals surface area contributed by atoms with Crippen LogP contribution in [0.3, 0.4) is 0 Å². The monoisotopic (exact) mass is 107 g/mol. The van der Waals surface area contributed by atoms with Crippen molar-refractivity contribution < 1.29 is 0 Å². The van der Waals surface area contributed by atoms with Crippen molar-refractivity contribution in [1.82, 2.24) is 0 Å². The normalized spacial score (nSPS) is 6.62. The summed E-state index contributed by atoms with van der Waals surface area (Å²) in [6, 6.07) is 1.97. The summed E-state index contributed by atoms with van der Waals surface area (Å²) in [7, 11) is 0. The summed E-state index contributed by atoms with van der Waals surface area (Å²) in [6.07, 6.45) is 2.79. The number of hydrogen-bond donors (Lipinski definition) is 0. The summed E-state index contributed by atoms with van der Waals surface area (Å²) in [4.78, 5) is 0. The first-order valence-electron chi connectivity index (χ1n) is 2.63. The van der Waals surface area contributed by atoms with Gasteiger partial charge in [0.05, 0.1) is 5.57 Å². The molecule has 0 spiro atoms. The molecule has 0 aromatic carbocycles. The molecule has 0 saturated carbocycles. The van der Waals surface area contributed by atoms with Crippen molar-refractivity contribution in [2.45, 2.75) is 20.3 Å². The molecular weight excluding hydrogens is 98.1 g/mol. The van der Waals surface area contributed by atoms with Crippen LogP contribution in [0.25, 0.3) is 0 Å². The molecular formula is C7H9N. The standard InChI is InChI=1S/C7H9N/c1-3-4-5-7(2)6-8/h4H,3H2,1-2H3. The van der Waals surface area contributed by atoms with Crippen LogP contribution in [0, 0.1) is 11.3 Å². The van der Waals surface area contributed by atoms with Crippen molar-refractivity contribution >= 4 is 0 Å². The summed E-state index contributed by atoms with van der Waals surface area (Å²) in [5.74, 6) is 0. The maximum atomic E-state index is 8.19. The Balaban J connectivity index is 3.97. The SMILES string of the molecule is CCC=C=C(C)C#N. The highest BCUT2D eigenvalue weighted by atomic mass is 14.2. The Morgan fingerprint density at radius 3 is 2.75 bits per heavy atom. The summed E-state index contributed by atoms with van der Waals surface area (Å²) < 4.78 is 0. The molecule has 0 amide bonds. The van der Waals surface area contributed by atoms with Crippen LogP contribution in [0.15, 0.2) is 17.4 Å². The van der Waals surface area contributed by atoms with Crippen LogP contribution in [0.5, 0.6) is 0 Å². The van der Waals surface area contributed by atoms with Crippen LogP contribution in [0.1, 0.15) is 20.3 Å². The Labute approximate surface area is 49.9 Å². The molecule has 0 bridgehead atoms. The highest BCUT2D eigenvalue weighted by Crippen LogP contribution is 1.84.